The third kappa shape index (κ3) is 2.33. The van der Waals surface area contributed by atoms with Gasteiger partial charge in [0.1, 0.15) is 0 Å². The maximum absolute atomic E-state index is 6.04. The molecule has 1 aromatic heterocycles. The smallest absolute Gasteiger partial charge is 0.0424 e. The van der Waals surface area contributed by atoms with Crippen molar-refractivity contribution >= 4 is 22.1 Å². The van der Waals surface area contributed by atoms with Gasteiger partial charge in [-0.15, -0.1) is 0 Å². The topological polar surface area (TPSA) is 50.9 Å². The summed E-state index contributed by atoms with van der Waals surface area (Å²) < 4.78 is 0. The summed E-state index contributed by atoms with van der Waals surface area (Å²) in [6.45, 7) is 4.73. The Hall–Kier alpha value is -1.77. The number of anilines is 2. The summed E-state index contributed by atoms with van der Waals surface area (Å²) in [7, 11) is 0. The quantitative estimate of drug-likeness (QED) is 0.808. The zero-order chi connectivity index (χ0) is 14.1. The summed E-state index contributed by atoms with van der Waals surface area (Å²) in [6, 6.07) is 6.68. The van der Waals surface area contributed by atoms with Gasteiger partial charge in [-0.05, 0) is 36.5 Å². The third-order valence-corrected chi connectivity index (χ3v) is 4.90. The fraction of sp³-hybridized carbons (Fsp3) is 0.471. The van der Waals surface area contributed by atoms with E-state index >= 15 is 0 Å². The van der Waals surface area contributed by atoms with Gasteiger partial charge in [-0.2, -0.15) is 0 Å². The molecule has 0 spiro atoms. The monoisotopic (exact) mass is 269 g/mol. The number of hydrogen-bond donors (Lipinski definition) is 2. The number of hydrogen-bond acceptors (Lipinski definition) is 3. The fourth-order valence-corrected chi connectivity index (χ4v) is 3.32. The molecule has 1 aliphatic carbocycles. The Kier molecular flexibility index (Phi) is 3.51. The van der Waals surface area contributed by atoms with Crippen molar-refractivity contribution in [3.05, 3.63) is 30.6 Å². The zero-order valence-corrected chi connectivity index (χ0v) is 12.3. The number of nitrogens with one attached hydrogen (secondary N) is 1. The van der Waals surface area contributed by atoms with Crippen LogP contribution in [-0.2, 0) is 0 Å². The molecule has 0 aliphatic heterocycles. The van der Waals surface area contributed by atoms with Crippen molar-refractivity contribution in [2.45, 2.75) is 39.2 Å². The number of fused-ring (bicyclic) bond motifs is 1. The number of rotatable bonds is 2. The van der Waals surface area contributed by atoms with Crippen molar-refractivity contribution < 1.29 is 0 Å². The molecule has 20 heavy (non-hydrogen) atoms. The molecule has 0 saturated heterocycles. The molecule has 3 nitrogen and oxygen atoms in total. The molecule has 1 aliphatic rings. The molecule has 3 heteroatoms. The normalized spacial score (nSPS) is 26.6. The van der Waals surface area contributed by atoms with Crippen molar-refractivity contribution in [3.63, 3.8) is 0 Å². The van der Waals surface area contributed by atoms with E-state index in [0.717, 1.165) is 17.0 Å². The Morgan fingerprint density at radius 3 is 2.85 bits per heavy atom. The summed E-state index contributed by atoms with van der Waals surface area (Å²) in [4.78, 5) is 4.18. The predicted molar refractivity (Wildman–Crippen MR) is 85.7 cm³/mol. The van der Waals surface area contributed by atoms with E-state index < -0.39 is 0 Å². The van der Waals surface area contributed by atoms with E-state index in [0.29, 0.717) is 12.0 Å². The summed E-state index contributed by atoms with van der Waals surface area (Å²) in [6.07, 6.45) is 7.61. The van der Waals surface area contributed by atoms with E-state index in [9.17, 15) is 0 Å². The fourth-order valence-electron chi connectivity index (χ4n) is 3.32. The van der Waals surface area contributed by atoms with Gasteiger partial charge in [0, 0.05) is 40.6 Å². The summed E-state index contributed by atoms with van der Waals surface area (Å²) in [5.41, 5.74) is 8.02. The van der Waals surface area contributed by atoms with Crippen LogP contribution in [0, 0.1) is 11.8 Å². The maximum Gasteiger partial charge on any atom is 0.0424 e. The SMILES string of the molecule is CC1CCCC(Nc2ccc(N)c3cnccc23)C1C. The highest BCUT2D eigenvalue weighted by atomic mass is 14.9. The largest absolute Gasteiger partial charge is 0.398 e. The molecule has 3 unspecified atom stereocenters. The van der Waals surface area contributed by atoms with Crippen LogP contribution in [0.5, 0.6) is 0 Å². The Balaban J connectivity index is 1.93. The molecule has 1 heterocycles. The first-order valence-electron chi connectivity index (χ1n) is 7.55. The van der Waals surface area contributed by atoms with E-state index in [1.165, 1.54) is 30.3 Å². The van der Waals surface area contributed by atoms with Crippen LogP contribution in [0.3, 0.4) is 0 Å². The molecule has 1 saturated carbocycles. The van der Waals surface area contributed by atoms with Gasteiger partial charge in [0.2, 0.25) is 0 Å². The zero-order valence-electron chi connectivity index (χ0n) is 12.3. The highest BCUT2D eigenvalue weighted by molar-refractivity contribution is 6.00. The highest BCUT2D eigenvalue weighted by Gasteiger charge is 2.27. The van der Waals surface area contributed by atoms with Gasteiger partial charge >= 0.3 is 0 Å². The second kappa shape index (κ2) is 5.31. The van der Waals surface area contributed by atoms with Crippen LogP contribution in [0.25, 0.3) is 10.8 Å². The van der Waals surface area contributed by atoms with Crippen molar-refractivity contribution in [2.75, 3.05) is 11.1 Å². The highest BCUT2D eigenvalue weighted by Crippen LogP contribution is 2.34. The van der Waals surface area contributed by atoms with E-state index in [1.807, 2.05) is 24.5 Å². The standard InChI is InChI=1S/C17H23N3/c1-11-4-3-5-16(12(11)2)20-17-7-6-15(18)14-10-19-9-8-13(14)17/h6-12,16,20H,3-5,18H2,1-2H3. The first-order valence-corrected chi connectivity index (χ1v) is 7.55. The number of nitrogens with two attached hydrogens (primary N) is 1. The minimum absolute atomic E-state index is 0.554. The van der Waals surface area contributed by atoms with Crippen LogP contribution in [0.15, 0.2) is 30.6 Å². The van der Waals surface area contributed by atoms with Crippen molar-refractivity contribution in [1.29, 1.82) is 0 Å². The van der Waals surface area contributed by atoms with E-state index in [-0.39, 0.29) is 0 Å². The average molecular weight is 269 g/mol. The number of nitrogen functional groups attached to an aromatic ring is 1. The van der Waals surface area contributed by atoms with Crippen LogP contribution >= 0.6 is 0 Å². The molecule has 0 amide bonds. The summed E-state index contributed by atoms with van der Waals surface area (Å²) in [5.74, 6) is 1.50. The summed E-state index contributed by atoms with van der Waals surface area (Å²) >= 11 is 0. The van der Waals surface area contributed by atoms with Gasteiger partial charge < -0.3 is 11.1 Å². The number of nitrogens with zero attached hydrogens (tertiary/aromatic N) is 1. The lowest BCUT2D eigenvalue weighted by molar-refractivity contribution is 0.253. The van der Waals surface area contributed by atoms with Gasteiger partial charge in [-0.25, -0.2) is 0 Å². The second-order valence-corrected chi connectivity index (χ2v) is 6.14. The second-order valence-electron chi connectivity index (χ2n) is 6.14. The Morgan fingerprint density at radius 1 is 1.15 bits per heavy atom. The lowest BCUT2D eigenvalue weighted by Gasteiger charge is -2.35. The maximum atomic E-state index is 6.04. The first kappa shape index (κ1) is 13.2. The molecular formula is C17H23N3. The van der Waals surface area contributed by atoms with Gasteiger partial charge in [-0.3, -0.25) is 4.98 Å². The number of aromatic nitrogens is 1. The number of benzene rings is 1. The first-order chi connectivity index (χ1) is 9.66. The Morgan fingerprint density at radius 2 is 2.00 bits per heavy atom. The van der Waals surface area contributed by atoms with Crippen molar-refractivity contribution in [2.24, 2.45) is 11.8 Å². The van der Waals surface area contributed by atoms with Crippen molar-refractivity contribution in [1.82, 2.24) is 4.98 Å². The van der Waals surface area contributed by atoms with E-state index in [2.05, 4.69) is 30.2 Å². The van der Waals surface area contributed by atoms with Gasteiger partial charge in [-0.1, -0.05) is 26.7 Å². The molecule has 3 rings (SSSR count). The number of pyridine rings is 1. The molecule has 3 N–H and O–H groups in total. The minimum atomic E-state index is 0.554. The van der Waals surface area contributed by atoms with E-state index in [1.54, 1.807) is 0 Å². The van der Waals surface area contributed by atoms with Crippen LogP contribution in [0.2, 0.25) is 0 Å². The van der Waals surface area contributed by atoms with Crippen LogP contribution in [0.4, 0.5) is 11.4 Å². The van der Waals surface area contributed by atoms with Gasteiger partial charge in [0.25, 0.3) is 0 Å². The summed E-state index contributed by atoms with van der Waals surface area (Å²) in [5, 5.41) is 5.96. The Labute approximate surface area is 120 Å². The molecule has 106 valence electrons. The lowest BCUT2D eigenvalue weighted by Crippen LogP contribution is -2.35. The molecule has 2 aromatic rings. The van der Waals surface area contributed by atoms with E-state index in [4.69, 9.17) is 5.73 Å². The lowest BCUT2D eigenvalue weighted by atomic mass is 9.78. The van der Waals surface area contributed by atoms with Gasteiger partial charge in [0.15, 0.2) is 0 Å². The van der Waals surface area contributed by atoms with Crippen LogP contribution < -0.4 is 11.1 Å². The minimum Gasteiger partial charge on any atom is -0.398 e. The molecule has 0 radical (unpaired) electrons. The molecule has 3 atom stereocenters. The van der Waals surface area contributed by atoms with Crippen LogP contribution in [-0.4, -0.2) is 11.0 Å². The molecule has 1 fully saturated rings. The molecular weight excluding hydrogens is 246 g/mol. The third-order valence-electron chi connectivity index (χ3n) is 4.90. The Bertz CT molecular complexity index is 608. The average Bonchev–Trinajstić information content (AvgIpc) is 2.47. The van der Waals surface area contributed by atoms with Crippen molar-refractivity contribution in [3.8, 4) is 0 Å². The van der Waals surface area contributed by atoms with Gasteiger partial charge in [0.05, 0.1) is 0 Å². The molecule has 1 aromatic carbocycles. The van der Waals surface area contributed by atoms with Crippen LogP contribution in [0.1, 0.15) is 33.1 Å². The molecule has 0 bridgehead atoms. The predicted octanol–water partition coefficient (Wildman–Crippen LogP) is 4.05.